The van der Waals surface area contributed by atoms with Gasteiger partial charge in [0.15, 0.2) is 5.78 Å². The average Bonchev–Trinajstić information content (AvgIpc) is 3.06. The van der Waals surface area contributed by atoms with E-state index < -0.39 is 0 Å². The second-order valence-corrected chi connectivity index (χ2v) is 7.89. The van der Waals surface area contributed by atoms with Gasteiger partial charge in [-0.15, -0.1) is 6.58 Å². The van der Waals surface area contributed by atoms with E-state index in [-0.39, 0.29) is 11.6 Å². The number of carbonyl (C=O) groups excluding carboxylic acids is 1. The number of carbonyl (C=O) groups is 1. The number of hydrogen-bond acceptors (Lipinski definition) is 3. The maximum atomic E-state index is 13.0. The van der Waals surface area contributed by atoms with Crippen LogP contribution < -0.4 is 5.32 Å². The standard InChI is InChI=1S/C24H27FN2O/c1-2-4-17-6-11-22-20(15-17)21-16-27(14-12-23(21)26-22)13-3-5-24(28)18-7-9-19(25)10-8-18/h2,6-11,15,21,23,26H,1,3-5,12-14,16H2. The van der Waals surface area contributed by atoms with Gasteiger partial charge < -0.3 is 10.2 Å². The predicted octanol–water partition coefficient (Wildman–Crippen LogP) is 4.80. The van der Waals surface area contributed by atoms with Gasteiger partial charge in [-0.05, 0) is 67.3 Å². The molecule has 0 radical (unpaired) electrons. The average molecular weight is 378 g/mol. The van der Waals surface area contributed by atoms with Crippen LogP contribution in [0.3, 0.4) is 0 Å². The van der Waals surface area contributed by atoms with Gasteiger partial charge in [-0.2, -0.15) is 0 Å². The third-order valence-corrected chi connectivity index (χ3v) is 5.98. The fourth-order valence-electron chi connectivity index (χ4n) is 4.50. The van der Waals surface area contributed by atoms with Crippen molar-refractivity contribution in [1.29, 1.82) is 0 Å². The Hall–Kier alpha value is -2.46. The lowest BCUT2D eigenvalue weighted by Crippen LogP contribution is -2.42. The van der Waals surface area contributed by atoms with Gasteiger partial charge >= 0.3 is 0 Å². The maximum absolute atomic E-state index is 13.0. The molecule has 2 unspecified atom stereocenters. The van der Waals surface area contributed by atoms with Crippen LogP contribution in [0.25, 0.3) is 0 Å². The molecule has 0 spiro atoms. The minimum Gasteiger partial charge on any atom is -0.381 e. The van der Waals surface area contributed by atoms with E-state index in [2.05, 4.69) is 35.0 Å². The second kappa shape index (κ2) is 8.27. The summed E-state index contributed by atoms with van der Waals surface area (Å²) in [4.78, 5) is 14.8. The molecule has 0 saturated carbocycles. The summed E-state index contributed by atoms with van der Waals surface area (Å²) in [5, 5.41) is 3.69. The molecule has 1 fully saturated rings. The van der Waals surface area contributed by atoms with Crippen molar-refractivity contribution in [3.8, 4) is 0 Å². The van der Waals surface area contributed by atoms with Crippen LogP contribution in [0.1, 0.15) is 46.7 Å². The van der Waals surface area contributed by atoms with Gasteiger partial charge in [0.1, 0.15) is 5.82 Å². The smallest absolute Gasteiger partial charge is 0.162 e. The number of likely N-dealkylation sites (tertiary alicyclic amines) is 1. The van der Waals surface area contributed by atoms with Gasteiger partial charge in [0.05, 0.1) is 0 Å². The van der Waals surface area contributed by atoms with Crippen molar-refractivity contribution in [2.45, 2.75) is 37.6 Å². The van der Waals surface area contributed by atoms with Crippen LogP contribution in [0.4, 0.5) is 10.1 Å². The molecule has 0 bridgehead atoms. The minimum atomic E-state index is -0.305. The molecular formula is C24H27FN2O. The Morgan fingerprint density at radius 3 is 2.86 bits per heavy atom. The van der Waals surface area contributed by atoms with E-state index in [0.717, 1.165) is 38.9 Å². The molecule has 0 amide bonds. The molecule has 2 atom stereocenters. The monoisotopic (exact) mass is 378 g/mol. The summed E-state index contributed by atoms with van der Waals surface area (Å²) in [5.74, 6) is 0.305. The first kappa shape index (κ1) is 18.9. The summed E-state index contributed by atoms with van der Waals surface area (Å²) in [7, 11) is 0. The molecule has 2 aliphatic rings. The quantitative estimate of drug-likeness (QED) is 0.555. The number of allylic oxidation sites excluding steroid dienone is 1. The Bertz CT molecular complexity index is 861. The van der Waals surface area contributed by atoms with Crippen molar-refractivity contribution < 1.29 is 9.18 Å². The normalized spacial score (nSPS) is 20.9. The number of nitrogens with one attached hydrogen (secondary N) is 1. The van der Waals surface area contributed by atoms with Crippen LogP contribution in [-0.4, -0.2) is 36.4 Å². The van der Waals surface area contributed by atoms with Gasteiger partial charge in [-0.1, -0.05) is 18.2 Å². The molecule has 4 rings (SSSR count). The first-order valence-corrected chi connectivity index (χ1v) is 10.2. The summed E-state index contributed by atoms with van der Waals surface area (Å²) in [6.07, 6.45) is 5.33. The van der Waals surface area contributed by atoms with Gasteiger partial charge in [0.2, 0.25) is 0 Å². The van der Waals surface area contributed by atoms with E-state index in [1.165, 1.54) is 28.9 Å². The van der Waals surface area contributed by atoms with Crippen LogP contribution in [-0.2, 0) is 6.42 Å². The number of hydrogen-bond donors (Lipinski definition) is 1. The summed E-state index contributed by atoms with van der Waals surface area (Å²) in [5.41, 5.74) is 4.62. The van der Waals surface area contributed by atoms with E-state index in [0.29, 0.717) is 23.9 Å². The molecule has 3 nitrogen and oxygen atoms in total. The third-order valence-electron chi connectivity index (χ3n) is 5.98. The first-order chi connectivity index (χ1) is 13.6. The largest absolute Gasteiger partial charge is 0.381 e. The van der Waals surface area contributed by atoms with Crippen LogP contribution >= 0.6 is 0 Å². The zero-order valence-electron chi connectivity index (χ0n) is 16.2. The highest BCUT2D eigenvalue weighted by Crippen LogP contribution is 2.40. The minimum absolute atomic E-state index is 0.0943. The first-order valence-electron chi connectivity index (χ1n) is 10.2. The number of benzene rings is 2. The van der Waals surface area contributed by atoms with Gasteiger partial charge in [-0.25, -0.2) is 4.39 Å². The van der Waals surface area contributed by atoms with Crippen molar-refractivity contribution >= 4 is 11.5 Å². The fourth-order valence-corrected chi connectivity index (χ4v) is 4.50. The van der Waals surface area contributed by atoms with Crippen molar-refractivity contribution in [2.75, 3.05) is 25.0 Å². The molecule has 28 heavy (non-hydrogen) atoms. The van der Waals surface area contributed by atoms with Crippen molar-refractivity contribution in [1.82, 2.24) is 4.90 Å². The third kappa shape index (κ3) is 4.02. The lowest BCUT2D eigenvalue weighted by Gasteiger charge is -2.35. The van der Waals surface area contributed by atoms with Gasteiger partial charge in [-0.3, -0.25) is 4.79 Å². The molecule has 0 aliphatic carbocycles. The van der Waals surface area contributed by atoms with E-state index in [4.69, 9.17) is 0 Å². The van der Waals surface area contributed by atoms with Crippen LogP contribution in [0, 0.1) is 5.82 Å². The number of anilines is 1. The molecule has 0 aromatic heterocycles. The predicted molar refractivity (Wildman–Crippen MR) is 112 cm³/mol. The highest BCUT2D eigenvalue weighted by atomic mass is 19.1. The molecule has 2 heterocycles. The fraction of sp³-hybridized carbons (Fsp3) is 0.375. The number of nitrogens with zero attached hydrogens (tertiary/aromatic N) is 1. The number of halogens is 1. The Morgan fingerprint density at radius 2 is 2.07 bits per heavy atom. The van der Waals surface area contributed by atoms with Crippen LogP contribution in [0.5, 0.6) is 0 Å². The van der Waals surface area contributed by atoms with E-state index >= 15 is 0 Å². The van der Waals surface area contributed by atoms with Crippen LogP contribution in [0.15, 0.2) is 55.1 Å². The van der Waals surface area contributed by atoms with E-state index in [1.807, 2.05) is 6.08 Å². The Morgan fingerprint density at radius 1 is 1.25 bits per heavy atom. The Kier molecular flexibility index (Phi) is 5.58. The van der Waals surface area contributed by atoms with E-state index in [1.54, 1.807) is 12.1 Å². The molecular weight excluding hydrogens is 351 g/mol. The molecule has 2 aromatic rings. The summed E-state index contributed by atoms with van der Waals surface area (Å²) < 4.78 is 13.0. The lowest BCUT2D eigenvalue weighted by molar-refractivity contribution is 0.0971. The molecule has 146 valence electrons. The van der Waals surface area contributed by atoms with Crippen LogP contribution in [0.2, 0.25) is 0 Å². The highest BCUT2D eigenvalue weighted by molar-refractivity contribution is 5.95. The molecule has 2 aliphatic heterocycles. The molecule has 2 aromatic carbocycles. The Labute approximate surface area is 166 Å². The van der Waals surface area contributed by atoms with Crippen molar-refractivity contribution in [3.63, 3.8) is 0 Å². The lowest BCUT2D eigenvalue weighted by atomic mass is 9.88. The number of ketones is 1. The topological polar surface area (TPSA) is 32.3 Å². The highest BCUT2D eigenvalue weighted by Gasteiger charge is 2.36. The van der Waals surface area contributed by atoms with Gasteiger partial charge in [0, 0.05) is 42.7 Å². The summed E-state index contributed by atoms with van der Waals surface area (Å²) in [6.45, 7) is 6.87. The SMILES string of the molecule is C=CCc1ccc2c(c1)C1CN(CCCC(=O)c3ccc(F)cc3)CCC1N2. The number of piperidine rings is 1. The zero-order chi connectivity index (χ0) is 19.5. The number of rotatable bonds is 7. The number of Topliss-reactive ketones (excluding diaryl/α,β-unsaturated/α-hetero) is 1. The van der Waals surface area contributed by atoms with Crippen molar-refractivity contribution in [2.24, 2.45) is 0 Å². The molecule has 1 N–H and O–H groups in total. The number of fused-ring (bicyclic) bond motifs is 3. The van der Waals surface area contributed by atoms with E-state index in [9.17, 15) is 9.18 Å². The summed E-state index contributed by atoms with van der Waals surface area (Å²) in [6, 6.07) is 13.1. The van der Waals surface area contributed by atoms with Crippen molar-refractivity contribution in [3.05, 3.63) is 77.6 Å². The molecule has 4 heteroatoms. The zero-order valence-corrected chi connectivity index (χ0v) is 16.2. The Balaban J connectivity index is 1.33. The molecule has 1 saturated heterocycles. The second-order valence-electron chi connectivity index (χ2n) is 7.89. The maximum Gasteiger partial charge on any atom is 0.162 e. The summed E-state index contributed by atoms with van der Waals surface area (Å²) >= 11 is 0. The van der Waals surface area contributed by atoms with Gasteiger partial charge in [0.25, 0.3) is 0 Å².